The topological polar surface area (TPSA) is 132 Å². The number of aliphatic carboxylic acids is 2. The lowest BCUT2D eigenvalue weighted by molar-refractivity contribution is -0.192. The van der Waals surface area contributed by atoms with Crippen molar-refractivity contribution in [1.29, 1.82) is 0 Å². The summed E-state index contributed by atoms with van der Waals surface area (Å²) in [7, 11) is 0. The molecular weight excluding hydrogens is 447 g/mol. The molecular formula is C20H20F3N5O5. The van der Waals surface area contributed by atoms with Crippen LogP contribution in [0.5, 0.6) is 5.75 Å². The molecule has 13 heteroatoms. The van der Waals surface area contributed by atoms with Gasteiger partial charge in [0, 0.05) is 12.2 Å². The summed E-state index contributed by atoms with van der Waals surface area (Å²) in [6.07, 6.45) is -1.65. The minimum absolute atomic E-state index is 0.0392. The number of ether oxygens (including phenoxy) is 1. The van der Waals surface area contributed by atoms with Gasteiger partial charge in [0.2, 0.25) is 0 Å². The molecule has 0 atom stereocenters. The summed E-state index contributed by atoms with van der Waals surface area (Å²) >= 11 is 0. The number of benzene rings is 1. The highest BCUT2D eigenvalue weighted by atomic mass is 19.4. The minimum atomic E-state index is -5.08. The van der Waals surface area contributed by atoms with E-state index in [-0.39, 0.29) is 12.5 Å². The fraction of sp³-hybridized carbons (Fsp3) is 0.350. The third-order valence-corrected chi connectivity index (χ3v) is 4.54. The molecule has 4 rings (SSSR count). The lowest BCUT2D eigenvalue weighted by atomic mass is 10.1. The zero-order valence-electron chi connectivity index (χ0n) is 17.6. The first-order valence-corrected chi connectivity index (χ1v) is 9.72. The van der Waals surface area contributed by atoms with Crippen molar-refractivity contribution >= 4 is 11.9 Å². The van der Waals surface area contributed by atoms with E-state index in [2.05, 4.69) is 10.1 Å². The fourth-order valence-corrected chi connectivity index (χ4v) is 3.14. The molecule has 0 fully saturated rings. The van der Waals surface area contributed by atoms with Gasteiger partial charge in [-0.25, -0.2) is 19.4 Å². The summed E-state index contributed by atoms with van der Waals surface area (Å²) in [5, 5.41) is 20.5. The van der Waals surface area contributed by atoms with Gasteiger partial charge < -0.3 is 19.5 Å². The number of carboxylic acids is 2. The van der Waals surface area contributed by atoms with E-state index in [0.717, 1.165) is 17.1 Å². The van der Waals surface area contributed by atoms with Gasteiger partial charge in [-0.1, -0.05) is 6.07 Å². The monoisotopic (exact) mass is 467 g/mol. The Kier molecular flexibility index (Phi) is 6.70. The maximum absolute atomic E-state index is 11.0. The van der Waals surface area contributed by atoms with Gasteiger partial charge in [0.1, 0.15) is 30.2 Å². The van der Waals surface area contributed by atoms with E-state index in [4.69, 9.17) is 24.7 Å². The SMILES string of the molecule is CC(C)n1ncnc1-c1cn2c(n1)-c1cc(CC(=O)O)ccc1OCC2.O=C(O)C(F)(F)F. The normalized spacial score (nSPS) is 12.7. The number of hydrogen-bond acceptors (Lipinski definition) is 6. The lowest BCUT2D eigenvalue weighted by Gasteiger charge is -2.08. The smallest absolute Gasteiger partial charge is 0.490 e. The molecule has 176 valence electrons. The molecule has 3 heterocycles. The molecule has 0 aliphatic carbocycles. The molecule has 3 aromatic rings. The Labute approximate surface area is 185 Å². The molecule has 2 aromatic heterocycles. The second-order valence-corrected chi connectivity index (χ2v) is 7.32. The predicted molar refractivity (Wildman–Crippen MR) is 108 cm³/mol. The molecule has 1 aliphatic heterocycles. The summed E-state index contributed by atoms with van der Waals surface area (Å²) < 4.78 is 41.4. The van der Waals surface area contributed by atoms with Gasteiger partial charge in [0.15, 0.2) is 5.82 Å². The third kappa shape index (κ3) is 5.48. The standard InChI is InChI=1S/C18H19N5O3.C2HF3O2/c1-11(2)23-18(19-10-20-23)14-9-22-5-6-26-15-4-3-12(8-16(24)25)7-13(15)17(22)21-14;3-2(4,5)1(6)7/h3-4,7,9-11H,5-6,8H2,1-2H3,(H,24,25);(H,6,7). The number of rotatable bonds is 4. The van der Waals surface area contributed by atoms with Crippen LogP contribution in [-0.2, 0) is 22.6 Å². The number of nitrogens with zero attached hydrogens (tertiary/aromatic N) is 5. The molecule has 1 aliphatic rings. The van der Waals surface area contributed by atoms with Crippen molar-refractivity contribution in [2.24, 2.45) is 0 Å². The van der Waals surface area contributed by atoms with Crippen molar-refractivity contribution in [3.63, 3.8) is 0 Å². The first-order valence-electron chi connectivity index (χ1n) is 9.72. The Morgan fingerprint density at radius 3 is 2.52 bits per heavy atom. The first-order chi connectivity index (χ1) is 15.5. The maximum Gasteiger partial charge on any atom is 0.490 e. The van der Waals surface area contributed by atoms with E-state index in [9.17, 15) is 18.0 Å². The van der Waals surface area contributed by atoms with Gasteiger partial charge in [-0.05, 0) is 31.5 Å². The van der Waals surface area contributed by atoms with Crippen LogP contribution >= 0.6 is 0 Å². The van der Waals surface area contributed by atoms with Crippen LogP contribution in [0.1, 0.15) is 25.5 Å². The molecule has 0 spiro atoms. The van der Waals surface area contributed by atoms with Crippen molar-refractivity contribution < 1.29 is 37.7 Å². The van der Waals surface area contributed by atoms with E-state index in [1.165, 1.54) is 6.33 Å². The number of carbonyl (C=O) groups is 2. The number of hydrogen-bond donors (Lipinski definition) is 2. The Morgan fingerprint density at radius 2 is 1.91 bits per heavy atom. The van der Waals surface area contributed by atoms with E-state index in [1.807, 2.05) is 41.4 Å². The quantitative estimate of drug-likeness (QED) is 0.598. The highest BCUT2D eigenvalue weighted by Gasteiger charge is 2.38. The fourth-order valence-electron chi connectivity index (χ4n) is 3.14. The molecule has 2 N–H and O–H groups in total. The second-order valence-electron chi connectivity index (χ2n) is 7.32. The van der Waals surface area contributed by atoms with E-state index in [0.29, 0.717) is 30.3 Å². The number of aromatic nitrogens is 5. The Hall–Kier alpha value is -3.90. The number of carboxylic acid groups (broad SMARTS) is 2. The molecule has 0 amide bonds. The Balaban J connectivity index is 0.000000383. The Morgan fingerprint density at radius 1 is 1.21 bits per heavy atom. The molecule has 0 saturated heterocycles. The zero-order chi connectivity index (χ0) is 24.3. The van der Waals surface area contributed by atoms with Crippen molar-refractivity contribution in [1.82, 2.24) is 24.3 Å². The average molecular weight is 467 g/mol. The summed E-state index contributed by atoms with van der Waals surface area (Å²) in [6, 6.07) is 5.60. The number of halogens is 3. The molecule has 0 saturated carbocycles. The molecule has 0 radical (unpaired) electrons. The van der Waals surface area contributed by atoms with Gasteiger partial charge >= 0.3 is 18.1 Å². The summed E-state index contributed by atoms with van der Waals surface area (Å²) in [6.45, 7) is 5.26. The molecule has 1 aromatic carbocycles. The van der Waals surface area contributed by atoms with Gasteiger partial charge in [-0.2, -0.15) is 18.3 Å². The third-order valence-electron chi connectivity index (χ3n) is 4.54. The van der Waals surface area contributed by atoms with Crippen LogP contribution in [-0.4, -0.2) is 59.3 Å². The summed E-state index contributed by atoms with van der Waals surface area (Å²) in [5.41, 5.74) is 2.24. The van der Waals surface area contributed by atoms with E-state index in [1.54, 1.807) is 6.07 Å². The van der Waals surface area contributed by atoms with Crippen molar-refractivity contribution in [3.05, 3.63) is 36.3 Å². The number of alkyl halides is 3. The largest absolute Gasteiger partial charge is 0.491 e. The van der Waals surface area contributed by atoms with E-state index < -0.39 is 18.1 Å². The minimum Gasteiger partial charge on any atom is -0.491 e. The molecule has 0 unspecified atom stereocenters. The Bertz CT molecular complexity index is 1170. The van der Waals surface area contributed by atoms with Crippen LogP contribution in [0, 0.1) is 0 Å². The molecule has 0 bridgehead atoms. The van der Waals surface area contributed by atoms with Crippen molar-refractivity contribution in [3.8, 4) is 28.7 Å². The highest BCUT2D eigenvalue weighted by Crippen LogP contribution is 2.34. The average Bonchev–Trinajstić information content (AvgIpc) is 3.32. The molecule has 33 heavy (non-hydrogen) atoms. The van der Waals surface area contributed by atoms with Crippen molar-refractivity contribution in [2.45, 2.75) is 39.0 Å². The molecule has 10 nitrogen and oxygen atoms in total. The van der Waals surface area contributed by atoms with Crippen molar-refractivity contribution in [2.75, 3.05) is 6.61 Å². The second kappa shape index (κ2) is 9.30. The van der Waals surface area contributed by atoms with Crippen LogP contribution in [0.3, 0.4) is 0 Å². The highest BCUT2D eigenvalue weighted by molar-refractivity contribution is 5.74. The summed E-state index contributed by atoms with van der Waals surface area (Å²) in [5.74, 6) is -1.45. The van der Waals surface area contributed by atoms with Crippen LogP contribution in [0.15, 0.2) is 30.7 Å². The van der Waals surface area contributed by atoms with Crippen LogP contribution in [0.2, 0.25) is 0 Å². The number of imidazole rings is 1. The predicted octanol–water partition coefficient (Wildman–Crippen LogP) is 3.04. The van der Waals surface area contributed by atoms with Gasteiger partial charge in [0.05, 0.1) is 18.5 Å². The van der Waals surface area contributed by atoms with E-state index >= 15 is 0 Å². The first kappa shape index (κ1) is 23.8. The maximum atomic E-state index is 11.0. The number of fused-ring (bicyclic) bond motifs is 3. The lowest BCUT2D eigenvalue weighted by Crippen LogP contribution is -2.21. The van der Waals surface area contributed by atoms with Crippen LogP contribution in [0.25, 0.3) is 22.9 Å². The zero-order valence-corrected chi connectivity index (χ0v) is 17.6. The van der Waals surface area contributed by atoms with Gasteiger partial charge in [-0.3, -0.25) is 4.79 Å². The van der Waals surface area contributed by atoms with Crippen LogP contribution in [0.4, 0.5) is 13.2 Å². The summed E-state index contributed by atoms with van der Waals surface area (Å²) in [4.78, 5) is 29.1. The van der Waals surface area contributed by atoms with Gasteiger partial charge in [-0.15, -0.1) is 0 Å². The van der Waals surface area contributed by atoms with Gasteiger partial charge in [0.25, 0.3) is 0 Å². The van der Waals surface area contributed by atoms with Crippen LogP contribution < -0.4 is 4.74 Å².